The smallest absolute Gasteiger partial charge is 0.327 e. The van der Waals surface area contributed by atoms with Crippen molar-refractivity contribution in [3.05, 3.63) is 0 Å². The summed E-state index contributed by atoms with van der Waals surface area (Å²) in [6, 6.07) is -3.96. The number of hydrogen-bond donors (Lipinski definition) is 8. The van der Waals surface area contributed by atoms with E-state index < -0.39 is 47.9 Å². The lowest BCUT2D eigenvalue weighted by atomic mass is 9.99. The molecule has 0 rings (SSSR count). The monoisotopic (exact) mass is 465 g/mol. The standard InChI is InChI=1S/C18H35N5O5S2/c1-3-10(2)14(20)17(26)22-12(8-29)16(25)21-11(6-4-5-7-19)15(24)23-13(9-30)18(27)28/h10-14,29-30H,3-9,19-20H2,1-2H3,(H,21,25)(H,22,26)(H,23,24)(H,27,28). The molecule has 0 fully saturated rings. The predicted octanol–water partition coefficient (Wildman–Crippen LogP) is -1.11. The molecule has 0 radical (unpaired) electrons. The van der Waals surface area contributed by atoms with Gasteiger partial charge in [0.15, 0.2) is 0 Å². The lowest BCUT2D eigenvalue weighted by Crippen LogP contribution is -2.58. The first-order chi connectivity index (χ1) is 14.1. The fourth-order valence-corrected chi connectivity index (χ4v) is 2.97. The first-order valence-electron chi connectivity index (χ1n) is 9.94. The van der Waals surface area contributed by atoms with E-state index in [0.717, 1.165) is 0 Å². The zero-order valence-electron chi connectivity index (χ0n) is 17.5. The largest absolute Gasteiger partial charge is 0.480 e. The van der Waals surface area contributed by atoms with Crippen LogP contribution < -0.4 is 27.4 Å². The minimum Gasteiger partial charge on any atom is -0.480 e. The molecule has 10 nitrogen and oxygen atoms in total. The van der Waals surface area contributed by atoms with Crippen molar-refractivity contribution in [2.24, 2.45) is 17.4 Å². The Balaban J connectivity index is 5.19. The maximum Gasteiger partial charge on any atom is 0.327 e. The number of carboxylic acid groups (broad SMARTS) is 1. The van der Waals surface area contributed by atoms with Crippen molar-refractivity contribution in [1.82, 2.24) is 16.0 Å². The Morgan fingerprint density at radius 1 is 0.900 bits per heavy atom. The Morgan fingerprint density at radius 3 is 1.87 bits per heavy atom. The first-order valence-corrected chi connectivity index (χ1v) is 11.2. The number of unbranched alkanes of at least 4 members (excludes halogenated alkanes) is 1. The second-order valence-corrected chi connectivity index (χ2v) is 7.81. The normalized spacial score (nSPS) is 15.9. The summed E-state index contributed by atoms with van der Waals surface area (Å²) in [6.45, 7) is 4.15. The third-order valence-electron chi connectivity index (χ3n) is 4.75. The molecule has 12 heteroatoms. The SMILES string of the molecule is CCC(C)C(N)C(=O)NC(CS)C(=O)NC(CCCCN)C(=O)NC(CS)C(=O)O. The third-order valence-corrected chi connectivity index (χ3v) is 5.48. The Morgan fingerprint density at radius 2 is 1.40 bits per heavy atom. The molecule has 5 unspecified atom stereocenters. The van der Waals surface area contributed by atoms with Gasteiger partial charge in [0.1, 0.15) is 18.1 Å². The molecule has 0 aliphatic carbocycles. The van der Waals surface area contributed by atoms with Crippen molar-refractivity contribution >= 4 is 48.9 Å². The average Bonchev–Trinajstić information content (AvgIpc) is 2.72. The summed E-state index contributed by atoms with van der Waals surface area (Å²) in [6.07, 6.45) is 2.13. The molecule has 0 aliphatic rings. The number of amides is 3. The van der Waals surface area contributed by atoms with Crippen LogP contribution in [0.25, 0.3) is 0 Å². The van der Waals surface area contributed by atoms with Gasteiger partial charge in [0.2, 0.25) is 17.7 Å². The molecule has 30 heavy (non-hydrogen) atoms. The fraction of sp³-hybridized carbons (Fsp3) is 0.778. The van der Waals surface area contributed by atoms with E-state index in [2.05, 4.69) is 41.2 Å². The third kappa shape index (κ3) is 10.0. The molecule has 0 saturated heterocycles. The molecule has 8 N–H and O–H groups in total. The quantitative estimate of drug-likeness (QED) is 0.112. The minimum absolute atomic E-state index is 0.00364. The van der Waals surface area contributed by atoms with Gasteiger partial charge in [0.05, 0.1) is 6.04 Å². The summed E-state index contributed by atoms with van der Waals surface area (Å²) in [5.74, 6) is -3.15. The van der Waals surface area contributed by atoms with E-state index in [0.29, 0.717) is 25.8 Å². The Bertz CT molecular complexity index is 581. The van der Waals surface area contributed by atoms with Crippen molar-refractivity contribution in [2.45, 2.75) is 63.7 Å². The van der Waals surface area contributed by atoms with Gasteiger partial charge in [-0.1, -0.05) is 20.3 Å². The van der Waals surface area contributed by atoms with Gasteiger partial charge in [-0.15, -0.1) is 0 Å². The van der Waals surface area contributed by atoms with Gasteiger partial charge >= 0.3 is 5.97 Å². The van der Waals surface area contributed by atoms with E-state index in [-0.39, 0.29) is 23.8 Å². The van der Waals surface area contributed by atoms with Gasteiger partial charge in [0, 0.05) is 11.5 Å². The molecule has 5 atom stereocenters. The summed E-state index contributed by atoms with van der Waals surface area (Å²) in [4.78, 5) is 48.6. The zero-order chi connectivity index (χ0) is 23.3. The van der Waals surface area contributed by atoms with E-state index in [1.54, 1.807) is 0 Å². The van der Waals surface area contributed by atoms with E-state index in [1.165, 1.54) is 0 Å². The van der Waals surface area contributed by atoms with E-state index >= 15 is 0 Å². The summed E-state index contributed by atoms with van der Waals surface area (Å²) in [7, 11) is 0. The van der Waals surface area contributed by atoms with Gasteiger partial charge in [-0.2, -0.15) is 25.3 Å². The van der Waals surface area contributed by atoms with Crippen LogP contribution in [0.3, 0.4) is 0 Å². The van der Waals surface area contributed by atoms with Crippen LogP contribution in [0.4, 0.5) is 0 Å². The van der Waals surface area contributed by atoms with Gasteiger partial charge in [0.25, 0.3) is 0 Å². The predicted molar refractivity (Wildman–Crippen MR) is 121 cm³/mol. The highest BCUT2D eigenvalue weighted by Gasteiger charge is 2.30. The number of carboxylic acids is 1. The second-order valence-electron chi connectivity index (χ2n) is 7.08. The van der Waals surface area contributed by atoms with Crippen LogP contribution in [0.1, 0.15) is 39.5 Å². The van der Waals surface area contributed by atoms with Crippen LogP contribution in [0.15, 0.2) is 0 Å². The highest BCUT2D eigenvalue weighted by molar-refractivity contribution is 7.80. The molecule has 0 aromatic carbocycles. The second kappa shape index (κ2) is 15.3. The molecule has 0 heterocycles. The minimum atomic E-state index is -1.23. The summed E-state index contributed by atoms with van der Waals surface area (Å²) in [5, 5.41) is 16.6. The lowest BCUT2D eigenvalue weighted by molar-refractivity contribution is -0.141. The van der Waals surface area contributed by atoms with Crippen LogP contribution in [0, 0.1) is 5.92 Å². The Hall–Kier alpha value is -1.50. The summed E-state index contributed by atoms with van der Waals surface area (Å²) >= 11 is 8.02. The van der Waals surface area contributed by atoms with Crippen LogP contribution in [-0.2, 0) is 19.2 Å². The number of hydrogen-bond acceptors (Lipinski definition) is 8. The van der Waals surface area contributed by atoms with Gasteiger partial charge in [-0.25, -0.2) is 4.79 Å². The molecule has 0 aromatic rings. The number of nitrogens with one attached hydrogen (secondary N) is 3. The van der Waals surface area contributed by atoms with Crippen molar-refractivity contribution < 1.29 is 24.3 Å². The van der Waals surface area contributed by atoms with Crippen LogP contribution in [-0.4, -0.2) is 71.0 Å². The van der Waals surface area contributed by atoms with Crippen LogP contribution in [0.5, 0.6) is 0 Å². The molecule has 0 aliphatic heterocycles. The fourth-order valence-electron chi connectivity index (χ4n) is 2.47. The van der Waals surface area contributed by atoms with Crippen molar-refractivity contribution in [3.63, 3.8) is 0 Å². The highest BCUT2D eigenvalue weighted by atomic mass is 32.1. The van der Waals surface area contributed by atoms with Crippen molar-refractivity contribution in [1.29, 1.82) is 0 Å². The molecule has 3 amide bonds. The number of aliphatic carboxylic acids is 1. The Labute approximate surface area is 188 Å². The molecule has 0 bridgehead atoms. The van der Waals surface area contributed by atoms with Gasteiger partial charge < -0.3 is 32.5 Å². The highest BCUT2D eigenvalue weighted by Crippen LogP contribution is 2.07. The number of thiol groups is 2. The lowest BCUT2D eigenvalue weighted by Gasteiger charge is -2.25. The molecule has 0 aromatic heterocycles. The number of rotatable bonds is 15. The molecule has 174 valence electrons. The summed E-state index contributed by atoms with van der Waals surface area (Å²) < 4.78 is 0. The van der Waals surface area contributed by atoms with E-state index in [9.17, 15) is 19.2 Å². The summed E-state index contributed by atoms with van der Waals surface area (Å²) in [5.41, 5.74) is 11.4. The van der Waals surface area contributed by atoms with Crippen molar-refractivity contribution in [3.8, 4) is 0 Å². The molecular weight excluding hydrogens is 430 g/mol. The maximum atomic E-state index is 12.7. The van der Waals surface area contributed by atoms with Crippen molar-refractivity contribution in [2.75, 3.05) is 18.1 Å². The van der Waals surface area contributed by atoms with E-state index in [4.69, 9.17) is 16.6 Å². The molecule has 0 saturated carbocycles. The molecule has 0 spiro atoms. The number of nitrogens with two attached hydrogens (primary N) is 2. The number of carbonyl (C=O) groups excluding carboxylic acids is 3. The molecular formula is C18H35N5O5S2. The number of carbonyl (C=O) groups is 4. The van der Waals surface area contributed by atoms with Crippen LogP contribution in [0.2, 0.25) is 0 Å². The maximum absolute atomic E-state index is 12.7. The first kappa shape index (κ1) is 28.5. The topological polar surface area (TPSA) is 177 Å². The zero-order valence-corrected chi connectivity index (χ0v) is 19.3. The van der Waals surface area contributed by atoms with Crippen LogP contribution >= 0.6 is 25.3 Å². The van der Waals surface area contributed by atoms with Gasteiger partial charge in [-0.3, -0.25) is 14.4 Å². The van der Waals surface area contributed by atoms with E-state index in [1.807, 2.05) is 13.8 Å². The van der Waals surface area contributed by atoms with Gasteiger partial charge in [-0.05, 0) is 31.7 Å². The average molecular weight is 466 g/mol. The Kier molecular flexibility index (Phi) is 14.6.